The smallest absolute Gasteiger partial charge is 0.328 e. The van der Waals surface area contributed by atoms with Crippen LogP contribution in [-0.2, 0) is 0 Å². The van der Waals surface area contributed by atoms with Gasteiger partial charge in [0.1, 0.15) is 33.3 Å². The van der Waals surface area contributed by atoms with Crippen molar-refractivity contribution >= 4 is 101 Å². The van der Waals surface area contributed by atoms with Gasteiger partial charge in [0.15, 0.2) is 0 Å². The maximum Gasteiger partial charge on any atom is 0.328 e. The van der Waals surface area contributed by atoms with E-state index >= 15 is 0 Å². The molecule has 0 bridgehead atoms. The third-order valence-electron chi connectivity index (χ3n) is 16.2. The fourth-order valence-corrected chi connectivity index (χ4v) is 15.1. The van der Waals surface area contributed by atoms with Crippen molar-refractivity contribution in [1.82, 2.24) is 18.9 Å². The van der Waals surface area contributed by atoms with E-state index in [0.717, 1.165) is 112 Å². The van der Waals surface area contributed by atoms with Gasteiger partial charge in [0, 0.05) is 33.6 Å². The molecule has 10 heteroatoms. The molecule has 0 amide bonds. The lowest BCUT2D eigenvalue weighted by Crippen LogP contribution is -2.55. The van der Waals surface area contributed by atoms with Crippen LogP contribution in [0.15, 0.2) is 194 Å². The molecule has 0 spiro atoms. The fourth-order valence-electron chi connectivity index (χ4n) is 13.2. The second-order valence-electron chi connectivity index (χ2n) is 24.9. The summed E-state index contributed by atoms with van der Waals surface area (Å²) in [4.78, 5) is 10.8. The highest BCUT2D eigenvalue weighted by Gasteiger charge is 2.41. The van der Waals surface area contributed by atoms with E-state index in [0.29, 0.717) is 27.1 Å². The van der Waals surface area contributed by atoms with E-state index in [1.807, 2.05) is 24.3 Å². The minimum atomic E-state index is -0.449. The summed E-state index contributed by atoms with van der Waals surface area (Å²) in [5, 5.41) is 29.8. The number of aryl methyl sites for hydroxylation is 1. The van der Waals surface area contributed by atoms with Crippen LogP contribution < -0.4 is 32.5 Å². The van der Waals surface area contributed by atoms with Crippen molar-refractivity contribution in [2.24, 2.45) is 22.7 Å². The van der Waals surface area contributed by atoms with Crippen LogP contribution in [-0.4, -0.2) is 32.6 Å². The lowest BCUT2D eigenvalue weighted by Gasteiger charge is -2.34. The van der Waals surface area contributed by atoms with Gasteiger partial charge in [-0.3, -0.25) is 0 Å². The summed E-state index contributed by atoms with van der Waals surface area (Å²) in [6, 6.07) is 74.3. The molecule has 0 saturated heterocycles. The van der Waals surface area contributed by atoms with Crippen LogP contribution in [0, 0.1) is 52.3 Å². The van der Waals surface area contributed by atoms with E-state index in [1.54, 1.807) is 22.7 Å². The Morgan fingerprint density at radius 1 is 0.500 bits per heavy atom. The standard InChI is InChI=1S/C72H70B2N6S2/c1-48(44-71(4,5)6)42-43-56(50(3)45-72(7,8)9)66-64-63(67(57(46-75)69-77-59-38-24-26-40-61(59)81-69)80(66)74(53-33-18-12-19-34-53)54-35-20-13-21-36-54)65(55-37-23-22-28-49(55)2)79(73(51-29-14-10-15-30-51)52-31-16-11-17-32-52)68(64)58(47-76)70-78-60-39-25-27-41-62(60)82-70/h10-41,48,50,56H,42-45H2,1-9H3/b67-57-,68-58-. The molecule has 0 fully saturated rings. The van der Waals surface area contributed by atoms with E-state index in [4.69, 9.17) is 9.97 Å². The first-order valence-corrected chi connectivity index (χ1v) is 30.6. The van der Waals surface area contributed by atoms with Crippen molar-refractivity contribution < 1.29 is 0 Å². The molecule has 3 atom stereocenters. The highest BCUT2D eigenvalue weighted by atomic mass is 32.1. The number of thiazole rings is 2. The normalized spacial score (nSPS) is 13.8. The molecule has 0 radical (unpaired) electrons. The van der Waals surface area contributed by atoms with Gasteiger partial charge < -0.3 is 8.96 Å². The first-order chi connectivity index (χ1) is 39.6. The highest BCUT2D eigenvalue weighted by Crippen LogP contribution is 2.44. The number of hydrogen-bond acceptors (Lipinski definition) is 6. The number of para-hydroxylation sites is 2. The molecule has 4 heterocycles. The van der Waals surface area contributed by atoms with Crippen LogP contribution >= 0.6 is 22.7 Å². The number of nitrogens with zero attached hydrogens (tertiary/aromatic N) is 6. The second kappa shape index (κ2) is 23.5. The van der Waals surface area contributed by atoms with Crippen molar-refractivity contribution in [3.63, 3.8) is 0 Å². The van der Waals surface area contributed by atoms with Gasteiger partial charge in [-0.25, -0.2) is 9.97 Å². The van der Waals surface area contributed by atoms with Crippen LogP contribution in [0.25, 0.3) is 53.6 Å². The van der Waals surface area contributed by atoms with E-state index in [9.17, 15) is 10.5 Å². The lowest BCUT2D eigenvalue weighted by atomic mass is 9.49. The Labute approximate surface area is 493 Å². The minimum Gasteiger partial charge on any atom is -0.378 e. The Hall–Kier alpha value is -8.01. The highest BCUT2D eigenvalue weighted by molar-refractivity contribution is 7.20. The summed E-state index contributed by atoms with van der Waals surface area (Å²) < 4.78 is 7.11. The Bertz CT molecular complexity index is 4040. The zero-order valence-corrected chi connectivity index (χ0v) is 50.3. The van der Waals surface area contributed by atoms with Crippen molar-refractivity contribution in [1.29, 1.82) is 10.5 Å². The average molecular weight is 1110 g/mol. The minimum absolute atomic E-state index is 0.0328. The van der Waals surface area contributed by atoms with Gasteiger partial charge >= 0.3 is 13.7 Å². The van der Waals surface area contributed by atoms with Crippen LogP contribution in [0.4, 0.5) is 0 Å². The Morgan fingerprint density at radius 2 is 0.902 bits per heavy atom. The molecule has 4 aromatic heterocycles. The summed E-state index contributed by atoms with van der Waals surface area (Å²) in [5.74, 6) is 0.475. The molecule has 11 rings (SSSR count). The quantitative estimate of drug-likeness (QED) is 0.0903. The van der Waals surface area contributed by atoms with Crippen molar-refractivity contribution in [3.05, 3.63) is 226 Å². The number of nitriles is 2. The molecule has 0 saturated carbocycles. The van der Waals surface area contributed by atoms with Gasteiger partial charge in [0.05, 0.1) is 31.1 Å². The molecule has 0 aliphatic heterocycles. The fraction of sp³-hybridized carbons (Fsp3) is 0.250. The molecular weight excluding hydrogens is 1030 g/mol. The van der Waals surface area contributed by atoms with Crippen LogP contribution in [0.5, 0.6) is 0 Å². The maximum absolute atomic E-state index is 12.5. The monoisotopic (exact) mass is 1100 g/mol. The molecule has 6 nitrogen and oxygen atoms in total. The van der Waals surface area contributed by atoms with Crippen molar-refractivity contribution in [3.8, 4) is 23.4 Å². The van der Waals surface area contributed by atoms with E-state index < -0.39 is 13.7 Å². The van der Waals surface area contributed by atoms with Crippen LogP contribution in [0.1, 0.15) is 108 Å². The van der Waals surface area contributed by atoms with Gasteiger partial charge in [0.25, 0.3) is 0 Å². The van der Waals surface area contributed by atoms with Gasteiger partial charge in [-0.15, -0.1) is 22.7 Å². The predicted molar refractivity (Wildman–Crippen MR) is 350 cm³/mol. The Morgan fingerprint density at radius 3 is 1.33 bits per heavy atom. The third-order valence-corrected chi connectivity index (χ3v) is 18.3. The van der Waals surface area contributed by atoms with E-state index in [-0.39, 0.29) is 22.7 Å². The SMILES string of the molecule is Cc1ccccc1-c1c2/c(=C(\C#N)c3nc4ccccc4s3)n(B(c3ccccc3)c3ccccc3)c(C(CCC(C)CC(C)(C)C)C(C)CC(C)(C)C)c2/c(=C(\C#N)c2nc3ccccc3s2)n1B(c1ccccc1)c1ccccc1. The van der Waals surface area contributed by atoms with E-state index in [2.05, 4.69) is 253 Å². The third kappa shape index (κ3) is 11.2. The zero-order chi connectivity index (χ0) is 57.3. The summed E-state index contributed by atoms with van der Waals surface area (Å²) in [6.07, 6.45) is 3.87. The van der Waals surface area contributed by atoms with Crippen molar-refractivity contribution in [2.75, 3.05) is 0 Å². The molecule has 82 heavy (non-hydrogen) atoms. The number of benzene rings is 7. The first kappa shape index (κ1) is 55.9. The van der Waals surface area contributed by atoms with E-state index in [1.165, 1.54) is 0 Å². The summed E-state index contributed by atoms with van der Waals surface area (Å²) >= 11 is 3.13. The topological polar surface area (TPSA) is 83.2 Å². The number of aromatic nitrogens is 4. The summed E-state index contributed by atoms with van der Waals surface area (Å²) in [7, 11) is 0. The van der Waals surface area contributed by atoms with Gasteiger partial charge in [0.2, 0.25) is 0 Å². The zero-order valence-electron chi connectivity index (χ0n) is 48.7. The van der Waals surface area contributed by atoms with Crippen LogP contribution in [0.3, 0.4) is 0 Å². The number of fused-ring (bicyclic) bond motifs is 3. The molecule has 0 aliphatic carbocycles. The van der Waals surface area contributed by atoms with Gasteiger partial charge in [-0.05, 0) is 78.7 Å². The summed E-state index contributed by atoms with van der Waals surface area (Å²) in [5.41, 5.74) is 11.2. The molecule has 406 valence electrons. The number of rotatable bonds is 16. The van der Waals surface area contributed by atoms with Gasteiger partial charge in [-0.1, -0.05) is 254 Å². The van der Waals surface area contributed by atoms with Gasteiger partial charge in [-0.2, -0.15) is 10.5 Å². The maximum atomic E-state index is 12.5. The molecule has 3 unspecified atom stereocenters. The van der Waals surface area contributed by atoms with Crippen LogP contribution in [0.2, 0.25) is 0 Å². The summed E-state index contributed by atoms with van der Waals surface area (Å²) in [6.45, 7) is 20.4. The second-order valence-corrected chi connectivity index (χ2v) is 27.0. The molecular formula is C72H70B2N6S2. The Balaban J connectivity index is 1.51. The average Bonchev–Trinajstić information content (AvgIpc) is 1.63. The molecule has 11 aromatic rings. The lowest BCUT2D eigenvalue weighted by molar-refractivity contribution is 0.246. The predicted octanol–water partition coefficient (Wildman–Crippen LogP) is 14.4. The number of hydrogen-bond donors (Lipinski definition) is 0. The molecule has 7 aromatic carbocycles. The first-order valence-electron chi connectivity index (χ1n) is 29.0. The van der Waals surface area contributed by atoms with Crippen molar-refractivity contribution in [2.45, 2.75) is 93.9 Å². The Kier molecular flexibility index (Phi) is 16.0. The molecule has 0 N–H and O–H groups in total. The largest absolute Gasteiger partial charge is 0.378 e. The molecule has 0 aliphatic rings.